The SMILES string of the molecule is CCCCCCCCCCCOc1ccc(-c2ncc(CC[C@H]3CC[C@H](CC)CC3)cn2)cc1. The van der Waals surface area contributed by atoms with Crippen LogP contribution in [0.4, 0.5) is 0 Å². The van der Waals surface area contributed by atoms with Gasteiger partial charge < -0.3 is 4.74 Å². The fraction of sp³-hybridized carbons (Fsp3) is 0.677. The van der Waals surface area contributed by atoms with Crippen LogP contribution in [-0.4, -0.2) is 16.6 Å². The first kappa shape index (κ1) is 26.7. The third kappa shape index (κ3) is 9.76. The van der Waals surface area contributed by atoms with Gasteiger partial charge in [-0.15, -0.1) is 0 Å². The maximum Gasteiger partial charge on any atom is 0.159 e. The standard InChI is InChI=1S/C31H48N2O/c1-3-5-6-7-8-9-10-11-12-23-34-30-21-19-29(20-22-30)31-32-24-28(25-33-31)18-17-27-15-13-26(4-2)14-16-27/h19-22,24-27H,3-18,23H2,1-2H3/t26-,27-. The van der Waals surface area contributed by atoms with Crippen LogP contribution in [0, 0.1) is 11.8 Å². The van der Waals surface area contributed by atoms with Gasteiger partial charge in [0.15, 0.2) is 5.82 Å². The number of ether oxygens (including phenoxy) is 1. The van der Waals surface area contributed by atoms with Crippen LogP contribution in [0.1, 0.15) is 116 Å². The lowest BCUT2D eigenvalue weighted by atomic mass is 9.79. The highest BCUT2D eigenvalue weighted by molar-refractivity contribution is 5.55. The summed E-state index contributed by atoms with van der Waals surface area (Å²) in [5.74, 6) is 3.62. The van der Waals surface area contributed by atoms with Crippen molar-refractivity contribution < 1.29 is 4.74 Å². The van der Waals surface area contributed by atoms with Gasteiger partial charge >= 0.3 is 0 Å². The van der Waals surface area contributed by atoms with E-state index in [1.54, 1.807) is 0 Å². The zero-order valence-corrected chi connectivity index (χ0v) is 21.9. The number of benzene rings is 1. The Morgan fingerprint density at radius 2 is 1.32 bits per heavy atom. The fourth-order valence-corrected chi connectivity index (χ4v) is 5.24. The molecule has 3 nitrogen and oxygen atoms in total. The van der Waals surface area contributed by atoms with E-state index in [1.807, 2.05) is 24.5 Å². The minimum absolute atomic E-state index is 0.803. The van der Waals surface area contributed by atoms with E-state index in [0.717, 1.165) is 48.4 Å². The van der Waals surface area contributed by atoms with Gasteiger partial charge in [-0.25, -0.2) is 9.97 Å². The zero-order valence-electron chi connectivity index (χ0n) is 21.9. The van der Waals surface area contributed by atoms with Gasteiger partial charge in [0.05, 0.1) is 6.61 Å². The summed E-state index contributed by atoms with van der Waals surface area (Å²) >= 11 is 0. The predicted octanol–water partition coefficient (Wildman–Crippen LogP) is 9.20. The summed E-state index contributed by atoms with van der Waals surface area (Å²) in [4.78, 5) is 9.29. The number of unbranched alkanes of at least 4 members (excludes halogenated alkanes) is 8. The average molecular weight is 465 g/mol. The summed E-state index contributed by atoms with van der Waals surface area (Å²) in [6.07, 6.45) is 25.5. The Labute approximate surface area is 209 Å². The number of nitrogens with zero attached hydrogens (tertiary/aromatic N) is 2. The maximum atomic E-state index is 5.94. The smallest absolute Gasteiger partial charge is 0.159 e. The molecule has 0 N–H and O–H groups in total. The van der Waals surface area contributed by atoms with Gasteiger partial charge in [0.1, 0.15) is 5.75 Å². The lowest BCUT2D eigenvalue weighted by Crippen LogP contribution is -2.14. The molecule has 2 aromatic rings. The number of aryl methyl sites for hydroxylation is 1. The fourth-order valence-electron chi connectivity index (χ4n) is 5.24. The van der Waals surface area contributed by atoms with Crippen molar-refractivity contribution in [1.82, 2.24) is 9.97 Å². The molecule has 0 atom stereocenters. The number of aromatic nitrogens is 2. The van der Waals surface area contributed by atoms with Crippen molar-refractivity contribution in [2.45, 2.75) is 117 Å². The molecule has 1 aliphatic carbocycles. The van der Waals surface area contributed by atoms with E-state index in [0.29, 0.717) is 0 Å². The van der Waals surface area contributed by atoms with Crippen molar-refractivity contribution >= 4 is 0 Å². The molecule has 1 aliphatic rings. The van der Waals surface area contributed by atoms with Crippen molar-refractivity contribution in [3.8, 4) is 17.1 Å². The lowest BCUT2D eigenvalue weighted by Gasteiger charge is -2.27. The van der Waals surface area contributed by atoms with Gasteiger partial charge in [-0.2, -0.15) is 0 Å². The van der Waals surface area contributed by atoms with Gasteiger partial charge in [0.2, 0.25) is 0 Å². The third-order valence-electron chi connectivity index (χ3n) is 7.72. The molecule has 188 valence electrons. The van der Waals surface area contributed by atoms with Crippen molar-refractivity contribution in [3.05, 3.63) is 42.2 Å². The predicted molar refractivity (Wildman–Crippen MR) is 144 cm³/mol. The minimum Gasteiger partial charge on any atom is -0.494 e. The van der Waals surface area contributed by atoms with Crippen LogP contribution >= 0.6 is 0 Å². The second-order valence-electron chi connectivity index (χ2n) is 10.4. The van der Waals surface area contributed by atoms with Crippen LogP contribution < -0.4 is 4.74 Å². The normalized spacial score (nSPS) is 18.2. The molecule has 0 aliphatic heterocycles. The molecule has 1 aromatic carbocycles. The van der Waals surface area contributed by atoms with Gasteiger partial charge in [-0.05, 0) is 60.9 Å². The quantitative estimate of drug-likeness (QED) is 0.232. The van der Waals surface area contributed by atoms with Crippen molar-refractivity contribution in [2.24, 2.45) is 11.8 Å². The molecule has 34 heavy (non-hydrogen) atoms. The van der Waals surface area contributed by atoms with Crippen LogP contribution in [0.15, 0.2) is 36.7 Å². The molecular formula is C31H48N2O. The molecule has 1 saturated carbocycles. The van der Waals surface area contributed by atoms with E-state index < -0.39 is 0 Å². The summed E-state index contributed by atoms with van der Waals surface area (Å²) in [5, 5.41) is 0. The molecule has 0 spiro atoms. The number of hydrogen-bond acceptors (Lipinski definition) is 3. The molecular weight excluding hydrogens is 416 g/mol. The number of rotatable bonds is 16. The second kappa shape index (κ2) is 15.9. The highest BCUT2D eigenvalue weighted by atomic mass is 16.5. The van der Waals surface area contributed by atoms with Crippen LogP contribution in [0.25, 0.3) is 11.4 Å². The highest BCUT2D eigenvalue weighted by Crippen LogP contribution is 2.33. The third-order valence-corrected chi connectivity index (χ3v) is 7.72. The molecule has 1 heterocycles. The molecule has 3 heteroatoms. The van der Waals surface area contributed by atoms with E-state index in [4.69, 9.17) is 4.74 Å². The summed E-state index contributed by atoms with van der Waals surface area (Å²) in [5.41, 5.74) is 2.32. The Morgan fingerprint density at radius 1 is 0.735 bits per heavy atom. The minimum atomic E-state index is 0.803. The van der Waals surface area contributed by atoms with Gasteiger partial charge in [-0.3, -0.25) is 0 Å². The van der Waals surface area contributed by atoms with Gasteiger partial charge in [0.25, 0.3) is 0 Å². The Kier molecular flexibility index (Phi) is 12.5. The topological polar surface area (TPSA) is 35.0 Å². The van der Waals surface area contributed by atoms with Crippen molar-refractivity contribution in [2.75, 3.05) is 6.61 Å². The molecule has 0 amide bonds. The summed E-state index contributed by atoms with van der Waals surface area (Å²) in [6, 6.07) is 8.25. The average Bonchev–Trinajstić information content (AvgIpc) is 2.89. The Hall–Kier alpha value is -1.90. The summed E-state index contributed by atoms with van der Waals surface area (Å²) < 4.78 is 5.94. The number of hydrogen-bond donors (Lipinski definition) is 0. The van der Waals surface area contributed by atoms with E-state index in [2.05, 4.69) is 35.9 Å². The molecule has 0 saturated heterocycles. The van der Waals surface area contributed by atoms with Crippen LogP contribution in [0.3, 0.4) is 0 Å². The molecule has 1 fully saturated rings. The molecule has 3 rings (SSSR count). The molecule has 0 unspecified atom stereocenters. The molecule has 1 aromatic heterocycles. The first-order valence-electron chi connectivity index (χ1n) is 14.3. The van der Waals surface area contributed by atoms with E-state index in [-0.39, 0.29) is 0 Å². The van der Waals surface area contributed by atoms with Gasteiger partial charge in [0, 0.05) is 18.0 Å². The Morgan fingerprint density at radius 3 is 1.94 bits per heavy atom. The van der Waals surface area contributed by atoms with Crippen LogP contribution in [0.2, 0.25) is 0 Å². The molecule has 0 radical (unpaired) electrons. The van der Waals surface area contributed by atoms with E-state index in [1.165, 1.54) is 95.5 Å². The summed E-state index contributed by atoms with van der Waals surface area (Å²) in [6.45, 7) is 5.42. The second-order valence-corrected chi connectivity index (χ2v) is 10.4. The maximum absolute atomic E-state index is 5.94. The van der Waals surface area contributed by atoms with Crippen molar-refractivity contribution in [1.29, 1.82) is 0 Å². The largest absolute Gasteiger partial charge is 0.494 e. The van der Waals surface area contributed by atoms with Gasteiger partial charge in [-0.1, -0.05) is 97.3 Å². The highest BCUT2D eigenvalue weighted by Gasteiger charge is 2.19. The van der Waals surface area contributed by atoms with Crippen molar-refractivity contribution in [3.63, 3.8) is 0 Å². The first-order chi connectivity index (χ1) is 16.8. The monoisotopic (exact) mass is 464 g/mol. The lowest BCUT2D eigenvalue weighted by molar-refractivity contribution is 0.258. The zero-order chi connectivity index (χ0) is 23.8. The van der Waals surface area contributed by atoms with E-state index in [9.17, 15) is 0 Å². The first-order valence-corrected chi connectivity index (χ1v) is 14.3. The van der Waals surface area contributed by atoms with Crippen LogP contribution in [-0.2, 0) is 6.42 Å². The van der Waals surface area contributed by atoms with E-state index >= 15 is 0 Å². The Balaban J connectivity index is 1.30. The Bertz CT molecular complexity index is 763. The summed E-state index contributed by atoms with van der Waals surface area (Å²) in [7, 11) is 0. The van der Waals surface area contributed by atoms with Crippen LogP contribution in [0.5, 0.6) is 5.75 Å². The molecule has 0 bridgehead atoms.